The fourth-order valence-corrected chi connectivity index (χ4v) is 1.53. The van der Waals surface area contributed by atoms with Gasteiger partial charge in [-0.3, -0.25) is 0 Å². The van der Waals surface area contributed by atoms with Gasteiger partial charge in [-0.25, -0.2) is 0 Å². The molecule has 0 radical (unpaired) electrons. The molecule has 14 heavy (non-hydrogen) atoms. The van der Waals surface area contributed by atoms with Gasteiger partial charge in [-0.2, -0.15) is 0 Å². The zero-order chi connectivity index (χ0) is 10.6. The highest BCUT2D eigenvalue weighted by Gasteiger charge is 2.07. The molecule has 0 bridgehead atoms. The smallest absolute Gasteiger partial charge is 0.124 e. The maximum Gasteiger partial charge on any atom is 0.124 e. The van der Waals surface area contributed by atoms with Gasteiger partial charge in [0.2, 0.25) is 0 Å². The second-order valence-corrected chi connectivity index (χ2v) is 3.99. The fourth-order valence-electron chi connectivity index (χ4n) is 1.16. The first-order valence-corrected chi connectivity index (χ1v) is 5.23. The number of halogens is 1. The predicted molar refractivity (Wildman–Crippen MR) is 62.4 cm³/mol. The Bertz CT molecular complexity index is 323. The summed E-state index contributed by atoms with van der Waals surface area (Å²) in [6.45, 7) is 6.04. The van der Waals surface area contributed by atoms with Gasteiger partial charge in [0.05, 0.1) is 0 Å². The average Bonchev–Trinajstić information content (AvgIpc) is 2.15. The summed E-state index contributed by atoms with van der Waals surface area (Å²) in [7, 11) is 0. The molecule has 0 saturated carbocycles. The van der Waals surface area contributed by atoms with Crippen molar-refractivity contribution in [2.75, 3.05) is 6.61 Å². The van der Waals surface area contributed by atoms with E-state index in [2.05, 4.69) is 22.5 Å². The zero-order valence-corrected chi connectivity index (χ0v) is 9.75. The van der Waals surface area contributed by atoms with Crippen LogP contribution in [0.5, 0.6) is 5.75 Å². The van der Waals surface area contributed by atoms with E-state index in [1.54, 1.807) is 6.08 Å². The average molecular weight is 256 g/mol. The highest BCUT2D eigenvalue weighted by atomic mass is 79.9. The quantitative estimate of drug-likeness (QED) is 0.840. The molecular formula is C11H14BrNO. The molecule has 0 heterocycles. The second-order valence-electron chi connectivity index (χ2n) is 3.07. The standard InChI is InChI=1S/C11H14BrNO/c1-3-6-14-11-5-4-9(12)7-10(11)8(2)13/h3-5,7-8H,1,6,13H2,2H3. The first-order chi connectivity index (χ1) is 6.65. The molecule has 0 amide bonds. The first-order valence-electron chi connectivity index (χ1n) is 4.44. The summed E-state index contributed by atoms with van der Waals surface area (Å²) >= 11 is 3.40. The maximum absolute atomic E-state index is 5.83. The van der Waals surface area contributed by atoms with Gasteiger partial charge in [-0.15, -0.1) is 0 Å². The molecule has 1 unspecified atom stereocenters. The molecule has 0 aliphatic rings. The van der Waals surface area contributed by atoms with Gasteiger partial charge < -0.3 is 10.5 Å². The second kappa shape index (κ2) is 5.17. The van der Waals surface area contributed by atoms with Crippen LogP contribution in [0.15, 0.2) is 35.3 Å². The maximum atomic E-state index is 5.83. The number of hydrogen-bond acceptors (Lipinski definition) is 2. The Balaban J connectivity index is 2.95. The van der Waals surface area contributed by atoms with Crippen molar-refractivity contribution in [3.63, 3.8) is 0 Å². The molecule has 0 aromatic heterocycles. The fraction of sp³-hybridized carbons (Fsp3) is 0.273. The Hall–Kier alpha value is -0.800. The van der Waals surface area contributed by atoms with Gasteiger partial charge in [-0.05, 0) is 25.1 Å². The van der Waals surface area contributed by atoms with Crippen molar-refractivity contribution in [2.24, 2.45) is 5.73 Å². The van der Waals surface area contributed by atoms with Gasteiger partial charge in [0.25, 0.3) is 0 Å². The van der Waals surface area contributed by atoms with Crippen LogP contribution in [0.2, 0.25) is 0 Å². The largest absolute Gasteiger partial charge is 0.489 e. The first kappa shape index (κ1) is 11.3. The lowest BCUT2D eigenvalue weighted by Crippen LogP contribution is -2.08. The normalized spacial score (nSPS) is 12.2. The van der Waals surface area contributed by atoms with E-state index in [0.29, 0.717) is 6.61 Å². The third-order valence-corrected chi connectivity index (χ3v) is 2.31. The topological polar surface area (TPSA) is 35.2 Å². The van der Waals surface area contributed by atoms with Gasteiger partial charge in [0.15, 0.2) is 0 Å². The molecule has 0 aliphatic carbocycles. The monoisotopic (exact) mass is 255 g/mol. The molecule has 1 aromatic carbocycles. The minimum Gasteiger partial charge on any atom is -0.489 e. The lowest BCUT2D eigenvalue weighted by atomic mass is 10.1. The Kier molecular flexibility index (Phi) is 4.17. The van der Waals surface area contributed by atoms with Crippen LogP contribution in [0.4, 0.5) is 0 Å². The van der Waals surface area contributed by atoms with Crippen molar-refractivity contribution >= 4 is 15.9 Å². The van der Waals surface area contributed by atoms with E-state index in [0.717, 1.165) is 15.8 Å². The highest BCUT2D eigenvalue weighted by Crippen LogP contribution is 2.27. The number of benzene rings is 1. The van der Waals surface area contributed by atoms with Crippen molar-refractivity contribution in [1.82, 2.24) is 0 Å². The van der Waals surface area contributed by atoms with Gasteiger partial charge in [-0.1, -0.05) is 28.6 Å². The van der Waals surface area contributed by atoms with Gasteiger partial charge in [0.1, 0.15) is 12.4 Å². The van der Waals surface area contributed by atoms with Crippen molar-refractivity contribution in [3.05, 3.63) is 40.9 Å². The molecule has 2 N–H and O–H groups in total. The molecule has 0 saturated heterocycles. The highest BCUT2D eigenvalue weighted by molar-refractivity contribution is 9.10. The van der Waals surface area contributed by atoms with Crippen molar-refractivity contribution in [3.8, 4) is 5.75 Å². The van der Waals surface area contributed by atoms with Crippen LogP contribution in [0.3, 0.4) is 0 Å². The van der Waals surface area contributed by atoms with Crippen molar-refractivity contribution < 1.29 is 4.74 Å². The molecule has 76 valence electrons. The summed E-state index contributed by atoms with van der Waals surface area (Å²) in [6.07, 6.45) is 1.72. The Morgan fingerprint density at radius 1 is 1.64 bits per heavy atom. The molecule has 1 rings (SSSR count). The van der Waals surface area contributed by atoms with E-state index >= 15 is 0 Å². The minimum absolute atomic E-state index is 0.0349. The van der Waals surface area contributed by atoms with Crippen LogP contribution >= 0.6 is 15.9 Å². The minimum atomic E-state index is -0.0349. The van der Waals surface area contributed by atoms with E-state index < -0.39 is 0 Å². The van der Waals surface area contributed by atoms with Crippen LogP contribution < -0.4 is 10.5 Å². The number of rotatable bonds is 4. The lowest BCUT2D eigenvalue weighted by Gasteiger charge is -2.13. The van der Waals surface area contributed by atoms with Gasteiger partial charge in [0, 0.05) is 16.1 Å². The Morgan fingerprint density at radius 3 is 2.93 bits per heavy atom. The van der Waals surface area contributed by atoms with E-state index in [4.69, 9.17) is 10.5 Å². The van der Waals surface area contributed by atoms with E-state index in [1.807, 2.05) is 25.1 Å². The Labute approximate surface area is 92.9 Å². The van der Waals surface area contributed by atoms with E-state index in [-0.39, 0.29) is 6.04 Å². The lowest BCUT2D eigenvalue weighted by molar-refractivity contribution is 0.357. The summed E-state index contributed by atoms with van der Waals surface area (Å²) in [5.74, 6) is 0.822. The Morgan fingerprint density at radius 2 is 2.36 bits per heavy atom. The molecular weight excluding hydrogens is 242 g/mol. The summed E-state index contributed by atoms with van der Waals surface area (Å²) in [4.78, 5) is 0. The van der Waals surface area contributed by atoms with Crippen LogP contribution in [0.1, 0.15) is 18.5 Å². The van der Waals surface area contributed by atoms with Crippen LogP contribution in [-0.2, 0) is 0 Å². The molecule has 2 nitrogen and oxygen atoms in total. The molecule has 0 aliphatic heterocycles. The summed E-state index contributed by atoms with van der Waals surface area (Å²) in [6, 6.07) is 5.78. The predicted octanol–water partition coefficient (Wildman–Crippen LogP) is 3.03. The van der Waals surface area contributed by atoms with Crippen molar-refractivity contribution in [2.45, 2.75) is 13.0 Å². The van der Waals surface area contributed by atoms with E-state index in [1.165, 1.54) is 0 Å². The molecule has 0 spiro atoms. The molecule has 1 atom stereocenters. The summed E-state index contributed by atoms with van der Waals surface area (Å²) < 4.78 is 6.49. The van der Waals surface area contributed by atoms with Crippen molar-refractivity contribution in [1.29, 1.82) is 0 Å². The molecule has 3 heteroatoms. The molecule has 1 aromatic rings. The SMILES string of the molecule is C=CCOc1ccc(Br)cc1C(C)N. The molecule has 0 fully saturated rings. The van der Waals surface area contributed by atoms with Crippen LogP contribution in [-0.4, -0.2) is 6.61 Å². The number of ether oxygens (including phenoxy) is 1. The summed E-state index contributed by atoms with van der Waals surface area (Å²) in [5.41, 5.74) is 6.83. The zero-order valence-electron chi connectivity index (χ0n) is 8.16. The number of nitrogens with two attached hydrogens (primary N) is 1. The van der Waals surface area contributed by atoms with E-state index in [9.17, 15) is 0 Å². The van der Waals surface area contributed by atoms with Crippen LogP contribution in [0.25, 0.3) is 0 Å². The third-order valence-electron chi connectivity index (χ3n) is 1.82. The summed E-state index contributed by atoms with van der Waals surface area (Å²) in [5, 5.41) is 0. The number of hydrogen-bond donors (Lipinski definition) is 1. The van der Waals surface area contributed by atoms with Crippen LogP contribution in [0, 0.1) is 0 Å². The third kappa shape index (κ3) is 2.86. The van der Waals surface area contributed by atoms with Gasteiger partial charge >= 0.3 is 0 Å².